The van der Waals surface area contributed by atoms with E-state index in [-0.39, 0.29) is 0 Å². The molecule has 0 aliphatic heterocycles. The fraction of sp³-hybridized carbons (Fsp3) is 0. The standard InChI is InChI=1S/C16H13N/c1-3-12-8-7-10-14-13-9-5-6-11-15(13)17(4-2)16(12)14/h3-11H,1-2H2. The maximum Gasteiger partial charge on any atom is 0.0606 e. The van der Waals surface area contributed by atoms with Crippen molar-refractivity contribution in [3.05, 3.63) is 61.2 Å². The van der Waals surface area contributed by atoms with Gasteiger partial charge in [0.15, 0.2) is 0 Å². The third kappa shape index (κ3) is 1.26. The molecular formula is C16H13N. The highest BCUT2D eigenvalue weighted by Crippen LogP contribution is 2.31. The molecule has 0 radical (unpaired) electrons. The Morgan fingerprint density at radius 3 is 2.41 bits per heavy atom. The van der Waals surface area contributed by atoms with Crippen molar-refractivity contribution >= 4 is 34.1 Å². The Labute approximate surface area is 100 Å². The van der Waals surface area contributed by atoms with E-state index < -0.39 is 0 Å². The Morgan fingerprint density at radius 1 is 0.882 bits per heavy atom. The topological polar surface area (TPSA) is 4.93 Å². The highest BCUT2D eigenvalue weighted by atomic mass is 15.0. The van der Waals surface area contributed by atoms with Crippen LogP contribution in [0.25, 0.3) is 34.1 Å². The summed E-state index contributed by atoms with van der Waals surface area (Å²) < 4.78 is 2.13. The number of fused-ring (bicyclic) bond motifs is 3. The van der Waals surface area contributed by atoms with Crippen LogP contribution in [0.1, 0.15) is 5.56 Å². The lowest BCUT2D eigenvalue weighted by atomic mass is 10.1. The van der Waals surface area contributed by atoms with Gasteiger partial charge in [-0.1, -0.05) is 55.6 Å². The molecule has 0 unspecified atom stereocenters. The minimum atomic E-state index is 1.14. The van der Waals surface area contributed by atoms with E-state index >= 15 is 0 Å². The second kappa shape index (κ2) is 3.63. The molecule has 0 aliphatic rings. The first kappa shape index (κ1) is 9.91. The second-order valence-electron chi connectivity index (χ2n) is 4.02. The molecule has 0 aliphatic carbocycles. The molecule has 17 heavy (non-hydrogen) atoms. The lowest BCUT2D eigenvalue weighted by Crippen LogP contribution is -1.86. The first-order chi connectivity index (χ1) is 8.36. The van der Waals surface area contributed by atoms with Gasteiger partial charge in [0.25, 0.3) is 0 Å². The third-order valence-corrected chi connectivity index (χ3v) is 3.16. The van der Waals surface area contributed by atoms with E-state index in [1.165, 1.54) is 21.8 Å². The van der Waals surface area contributed by atoms with Gasteiger partial charge in [-0.25, -0.2) is 0 Å². The molecule has 0 fully saturated rings. The normalized spacial score (nSPS) is 10.8. The minimum absolute atomic E-state index is 1.14. The van der Waals surface area contributed by atoms with Crippen molar-refractivity contribution in [2.24, 2.45) is 0 Å². The van der Waals surface area contributed by atoms with Gasteiger partial charge in [-0.2, -0.15) is 0 Å². The van der Waals surface area contributed by atoms with Crippen molar-refractivity contribution < 1.29 is 0 Å². The van der Waals surface area contributed by atoms with E-state index in [1.54, 1.807) is 0 Å². The predicted molar refractivity (Wildman–Crippen MR) is 75.9 cm³/mol. The molecule has 0 amide bonds. The van der Waals surface area contributed by atoms with E-state index in [0.29, 0.717) is 0 Å². The monoisotopic (exact) mass is 219 g/mol. The van der Waals surface area contributed by atoms with E-state index in [0.717, 1.165) is 5.56 Å². The van der Waals surface area contributed by atoms with Crippen LogP contribution in [0.4, 0.5) is 0 Å². The van der Waals surface area contributed by atoms with Gasteiger partial charge in [0, 0.05) is 17.0 Å². The predicted octanol–water partition coefficient (Wildman–Crippen LogP) is 4.54. The number of rotatable bonds is 2. The number of benzene rings is 2. The maximum atomic E-state index is 3.91. The van der Waals surface area contributed by atoms with Crippen molar-refractivity contribution in [1.29, 1.82) is 0 Å². The van der Waals surface area contributed by atoms with Crippen LogP contribution in [0.3, 0.4) is 0 Å². The molecule has 1 heteroatoms. The smallest absolute Gasteiger partial charge is 0.0606 e. The van der Waals surface area contributed by atoms with Crippen LogP contribution in [0.15, 0.2) is 55.6 Å². The molecule has 0 saturated heterocycles. The largest absolute Gasteiger partial charge is 0.316 e. The molecule has 1 heterocycles. The fourth-order valence-corrected chi connectivity index (χ4v) is 2.43. The molecule has 3 rings (SSSR count). The third-order valence-electron chi connectivity index (χ3n) is 3.16. The molecule has 0 N–H and O–H groups in total. The summed E-state index contributed by atoms with van der Waals surface area (Å²) >= 11 is 0. The van der Waals surface area contributed by atoms with Crippen molar-refractivity contribution in [3.8, 4) is 0 Å². The maximum absolute atomic E-state index is 3.91. The average molecular weight is 219 g/mol. The molecular weight excluding hydrogens is 206 g/mol. The minimum Gasteiger partial charge on any atom is -0.316 e. The molecule has 0 atom stereocenters. The van der Waals surface area contributed by atoms with Crippen LogP contribution < -0.4 is 0 Å². The highest BCUT2D eigenvalue weighted by molar-refractivity contribution is 6.11. The summed E-state index contributed by atoms with van der Waals surface area (Å²) in [5.41, 5.74) is 3.50. The van der Waals surface area contributed by atoms with Gasteiger partial charge in [-0.15, -0.1) is 0 Å². The van der Waals surface area contributed by atoms with Gasteiger partial charge in [0.05, 0.1) is 11.0 Å². The SMILES string of the molecule is C=Cc1cccc2c3ccccc3n(C=C)c12. The second-order valence-corrected chi connectivity index (χ2v) is 4.02. The molecule has 3 aromatic rings. The van der Waals surface area contributed by atoms with Gasteiger partial charge >= 0.3 is 0 Å². The van der Waals surface area contributed by atoms with Crippen LogP contribution in [0.2, 0.25) is 0 Å². The van der Waals surface area contributed by atoms with E-state index in [9.17, 15) is 0 Å². The lowest BCUT2D eigenvalue weighted by molar-refractivity contribution is 1.29. The Morgan fingerprint density at radius 2 is 1.65 bits per heavy atom. The van der Waals surface area contributed by atoms with Crippen molar-refractivity contribution in [2.75, 3.05) is 0 Å². The number of hydrogen-bond acceptors (Lipinski definition) is 0. The van der Waals surface area contributed by atoms with Gasteiger partial charge < -0.3 is 4.57 Å². The quantitative estimate of drug-likeness (QED) is 0.596. The molecule has 0 saturated carbocycles. The Kier molecular flexibility index (Phi) is 2.12. The molecule has 82 valence electrons. The van der Waals surface area contributed by atoms with E-state index in [4.69, 9.17) is 0 Å². The first-order valence-corrected chi connectivity index (χ1v) is 5.63. The summed E-state index contributed by atoms with van der Waals surface area (Å²) in [6.07, 6.45) is 3.75. The van der Waals surface area contributed by atoms with Gasteiger partial charge in [-0.3, -0.25) is 0 Å². The summed E-state index contributed by atoms with van der Waals surface area (Å²) in [4.78, 5) is 0. The van der Waals surface area contributed by atoms with Crippen LogP contribution >= 0.6 is 0 Å². The Balaban J connectivity index is 2.67. The number of nitrogens with zero attached hydrogens (tertiary/aromatic N) is 1. The van der Waals surface area contributed by atoms with Crippen molar-refractivity contribution in [1.82, 2.24) is 4.57 Å². The summed E-state index contributed by atoms with van der Waals surface area (Å²) in [6.45, 7) is 7.79. The van der Waals surface area contributed by atoms with E-state index in [2.05, 4.69) is 60.2 Å². The Bertz CT molecular complexity index is 732. The summed E-state index contributed by atoms with van der Waals surface area (Å²) in [6, 6.07) is 14.7. The van der Waals surface area contributed by atoms with E-state index in [1.807, 2.05) is 12.3 Å². The van der Waals surface area contributed by atoms with Crippen LogP contribution in [-0.4, -0.2) is 4.57 Å². The Hall–Kier alpha value is -2.28. The van der Waals surface area contributed by atoms with Crippen LogP contribution in [-0.2, 0) is 0 Å². The summed E-state index contributed by atoms with van der Waals surface area (Å²) in [7, 11) is 0. The molecule has 2 aromatic carbocycles. The molecule has 1 aromatic heterocycles. The van der Waals surface area contributed by atoms with Crippen LogP contribution in [0, 0.1) is 0 Å². The summed E-state index contributed by atoms with van der Waals surface area (Å²) in [5.74, 6) is 0. The molecule has 0 bridgehead atoms. The van der Waals surface area contributed by atoms with Crippen molar-refractivity contribution in [2.45, 2.75) is 0 Å². The highest BCUT2D eigenvalue weighted by Gasteiger charge is 2.09. The number of hydrogen-bond donors (Lipinski definition) is 0. The summed E-state index contributed by atoms with van der Waals surface area (Å²) in [5, 5.41) is 2.50. The average Bonchev–Trinajstić information content (AvgIpc) is 2.72. The van der Waals surface area contributed by atoms with Crippen LogP contribution in [0.5, 0.6) is 0 Å². The lowest BCUT2D eigenvalue weighted by Gasteiger charge is -2.02. The number of aromatic nitrogens is 1. The molecule has 0 spiro atoms. The van der Waals surface area contributed by atoms with Crippen molar-refractivity contribution in [3.63, 3.8) is 0 Å². The zero-order valence-corrected chi connectivity index (χ0v) is 9.56. The van der Waals surface area contributed by atoms with Gasteiger partial charge in [0.2, 0.25) is 0 Å². The zero-order valence-electron chi connectivity index (χ0n) is 9.56. The van der Waals surface area contributed by atoms with Gasteiger partial charge in [0.1, 0.15) is 0 Å². The zero-order chi connectivity index (χ0) is 11.8. The fourth-order valence-electron chi connectivity index (χ4n) is 2.43. The first-order valence-electron chi connectivity index (χ1n) is 5.63. The van der Waals surface area contributed by atoms with Gasteiger partial charge in [-0.05, 0) is 11.6 Å². The number of para-hydroxylation sites is 2. The molecule has 1 nitrogen and oxygen atoms in total.